The van der Waals surface area contributed by atoms with Gasteiger partial charge in [-0.15, -0.1) is 0 Å². The molecule has 80 valence electrons. The summed E-state index contributed by atoms with van der Waals surface area (Å²) >= 11 is 0. The lowest BCUT2D eigenvalue weighted by atomic mass is 10.00. The van der Waals surface area contributed by atoms with Gasteiger partial charge in [0.1, 0.15) is 0 Å². The molecule has 0 aliphatic rings. The van der Waals surface area contributed by atoms with Gasteiger partial charge in [-0.05, 0) is 42.8 Å². The first kappa shape index (κ1) is 10.4. The second-order valence-corrected chi connectivity index (χ2v) is 3.65. The normalized spacial score (nSPS) is 10.1. The Morgan fingerprint density at radius 1 is 1.31 bits per heavy atom. The van der Waals surface area contributed by atoms with Crippen LogP contribution in [0.4, 0.5) is 5.69 Å². The Labute approximate surface area is 93.9 Å². The molecule has 16 heavy (non-hydrogen) atoms. The Hall–Kier alpha value is -2.16. The number of hydrogen-bond donors (Lipinski definition) is 1. The zero-order valence-corrected chi connectivity index (χ0v) is 8.97. The number of carbonyl (C=O) groups excluding carboxylic acids is 1. The molecule has 0 unspecified atom stereocenters. The van der Waals surface area contributed by atoms with Gasteiger partial charge >= 0.3 is 0 Å². The van der Waals surface area contributed by atoms with Crippen molar-refractivity contribution in [1.29, 1.82) is 0 Å². The summed E-state index contributed by atoms with van der Waals surface area (Å²) < 4.78 is 0. The summed E-state index contributed by atoms with van der Waals surface area (Å²) in [5, 5.41) is 0. The predicted octanol–water partition coefficient (Wildman–Crippen LogP) is 2.20. The highest BCUT2D eigenvalue weighted by Gasteiger charge is 2.11. The lowest BCUT2D eigenvalue weighted by molar-refractivity contribution is 0.103. The van der Waals surface area contributed by atoms with E-state index < -0.39 is 0 Å². The number of rotatable bonds is 2. The minimum absolute atomic E-state index is 0.0226. The number of ketones is 1. The molecule has 0 spiro atoms. The molecular formula is C13H12N2O. The fraction of sp³-hybridized carbons (Fsp3) is 0.0769. The number of benzene rings is 1. The molecule has 2 rings (SSSR count). The average molecular weight is 212 g/mol. The van der Waals surface area contributed by atoms with Gasteiger partial charge in [0, 0.05) is 29.2 Å². The summed E-state index contributed by atoms with van der Waals surface area (Å²) in [6.07, 6.45) is 3.21. The van der Waals surface area contributed by atoms with Gasteiger partial charge in [-0.25, -0.2) is 0 Å². The third-order valence-electron chi connectivity index (χ3n) is 2.42. The third kappa shape index (κ3) is 1.93. The number of hydrogen-bond acceptors (Lipinski definition) is 3. The van der Waals surface area contributed by atoms with Crippen molar-refractivity contribution < 1.29 is 4.79 Å². The molecular weight excluding hydrogens is 200 g/mol. The zero-order chi connectivity index (χ0) is 11.5. The summed E-state index contributed by atoms with van der Waals surface area (Å²) in [6, 6.07) is 8.78. The first-order valence-corrected chi connectivity index (χ1v) is 4.99. The molecule has 2 aromatic rings. The molecule has 0 atom stereocenters. The number of nitrogens with two attached hydrogens (primary N) is 1. The summed E-state index contributed by atoms with van der Waals surface area (Å²) in [7, 11) is 0. The monoisotopic (exact) mass is 212 g/mol. The van der Waals surface area contributed by atoms with Gasteiger partial charge in [-0.2, -0.15) is 0 Å². The van der Waals surface area contributed by atoms with Crippen LogP contribution < -0.4 is 5.73 Å². The van der Waals surface area contributed by atoms with Crippen LogP contribution in [0.5, 0.6) is 0 Å². The van der Waals surface area contributed by atoms with Gasteiger partial charge in [0.05, 0.1) is 0 Å². The summed E-state index contributed by atoms with van der Waals surface area (Å²) in [6.45, 7) is 1.87. The van der Waals surface area contributed by atoms with Gasteiger partial charge in [0.15, 0.2) is 5.78 Å². The number of aromatic nitrogens is 1. The van der Waals surface area contributed by atoms with Crippen LogP contribution in [0.25, 0.3) is 0 Å². The van der Waals surface area contributed by atoms with Crippen molar-refractivity contribution in [2.75, 3.05) is 5.73 Å². The zero-order valence-electron chi connectivity index (χ0n) is 8.97. The highest BCUT2D eigenvalue weighted by molar-refractivity contribution is 6.09. The Bertz CT molecular complexity index is 521. The van der Waals surface area contributed by atoms with E-state index in [9.17, 15) is 4.79 Å². The molecule has 3 heteroatoms. The lowest BCUT2D eigenvalue weighted by Crippen LogP contribution is -2.04. The van der Waals surface area contributed by atoms with Crippen LogP contribution in [-0.2, 0) is 0 Å². The van der Waals surface area contributed by atoms with E-state index >= 15 is 0 Å². The molecule has 3 nitrogen and oxygen atoms in total. The van der Waals surface area contributed by atoms with Crippen molar-refractivity contribution in [1.82, 2.24) is 4.98 Å². The minimum atomic E-state index is -0.0226. The first-order valence-electron chi connectivity index (χ1n) is 4.99. The molecule has 0 amide bonds. The molecule has 0 aliphatic carbocycles. The molecule has 1 aromatic heterocycles. The topological polar surface area (TPSA) is 56.0 Å². The Kier molecular flexibility index (Phi) is 2.68. The molecule has 0 bridgehead atoms. The standard InChI is InChI=1S/C13H12N2O/c1-9-7-11(14)4-5-12(9)13(16)10-3-2-6-15-8-10/h2-8H,14H2,1H3. The van der Waals surface area contributed by atoms with Crippen molar-refractivity contribution in [2.24, 2.45) is 0 Å². The number of pyridine rings is 1. The van der Waals surface area contributed by atoms with Crippen molar-refractivity contribution in [3.8, 4) is 0 Å². The molecule has 0 aliphatic heterocycles. The van der Waals surface area contributed by atoms with E-state index in [0.717, 1.165) is 5.56 Å². The smallest absolute Gasteiger partial charge is 0.194 e. The van der Waals surface area contributed by atoms with E-state index in [0.29, 0.717) is 16.8 Å². The van der Waals surface area contributed by atoms with Crippen LogP contribution in [0.15, 0.2) is 42.7 Å². The summed E-state index contributed by atoms with van der Waals surface area (Å²) in [5.41, 5.74) is 8.45. The van der Waals surface area contributed by atoms with E-state index in [1.807, 2.05) is 6.92 Å². The molecule has 0 radical (unpaired) electrons. The van der Waals surface area contributed by atoms with Gasteiger partial charge in [-0.3, -0.25) is 9.78 Å². The van der Waals surface area contributed by atoms with Crippen LogP contribution in [0.2, 0.25) is 0 Å². The molecule has 0 saturated heterocycles. The number of aryl methyl sites for hydroxylation is 1. The predicted molar refractivity (Wildman–Crippen MR) is 63.3 cm³/mol. The number of nitrogen functional groups attached to an aromatic ring is 1. The van der Waals surface area contributed by atoms with Crippen LogP contribution in [-0.4, -0.2) is 10.8 Å². The van der Waals surface area contributed by atoms with E-state index in [1.165, 1.54) is 0 Å². The fourth-order valence-electron chi connectivity index (χ4n) is 1.59. The second kappa shape index (κ2) is 4.14. The van der Waals surface area contributed by atoms with Crippen LogP contribution >= 0.6 is 0 Å². The minimum Gasteiger partial charge on any atom is -0.399 e. The van der Waals surface area contributed by atoms with Crippen molar-refractivity contribution >= 4 is 11.5 Å². The first-order chi connectivity index (χ1) is 7.68. The van der Waals surface area contributed by atoms with Crippen molar-refractivity contribution in [3.05, 3.63) is 59.4 Å². The highest BCUT2D eigenvalue weighted by Crippen LogP contribution is 2.16. The third-order valence-corrected chi connectivity index (χ3v) is 2.42. The molecule has 0 fully saturated rings. The Morgan fingerprint density at radius 2 is 2.12 bits per heavy atom. The maximum absolute atomic E-state index is 12.1. The van der Waals surface area contributed by atoms with Gasteiger partial charge in [-0.1, -0.05) is 0 Å². The van der Waals surface area contributed by atoms with E-state index in [-0.39, 0.29) is 5.78 Å². The quantitative estimate of drug-likeness (QED) is 0.613. The average Bonchev–Trinajstić information content (AvgIpc) is 2.29. The van der Waals surface area contributed by atoms with E-state index in [2.05, 4.69) is 4.98 Å². The number of anilines is 1. The summed E-state index contributed by atoms with van der Waals surface area (Å²) in [5.74, 6) is -0.0226. The van der Waals surface area contributed by atoms with Gasteiger partial charge in [0.25, 0.3) is 0 Å². The lowest BCUT2D eigenvalue weighted by Gasteiger charge is -2.05. The van der Waals surface area contributed by atoms with Crippen molar-refractivity contribution in [3.63, 3.8) is 0 Å². The largest absolute Gasteiger partial charge is 0.399 e. The van der Waals surface area contributed by atoms with Crippen LogP contribution in [0, 0.1) is 6.92 Å². The maximum atomic E-state index is 12.1. The molecule has 2 N–H and O–H groups in total. The Morgan fingerprint density at radius 3 is 2.75 bits per heavy atom. The molecule has 1 heterocycles. The maximum Gasteiger partial charge on any atom is 0.194 e. The molecule has 0 saturated carbocycles. The second-order valence-electron chi connectivity index (χ2n) is 3.65. The van der Waals surface area contributed by atoms with Crippen molar-refractivity contribution in [2.45, 2.75) is 6.92 Å². The Balaban J connectivity index is 2.42. The van der Waals surface area contributed by atoms with Crippen LogP contribution in [0.1, 0.15) is 21.5 Å². The van der Waals surface area contributed by atoms with Crippen LogP contribution in [0.3, 0.4) is 0 Å². The van der Waals surface area contributed by atoms with E-state index in [4.69, 9.17) is 5.73 Å². The number of nitrogens with zero attached hydrogens (tertiary/aromatic N) is 1. The van der Waals surface area contributed by atoms with Gasteiger partial charge < -0.3 is 5.73 Å². The fourth-order valence-corrected chi connectivity index (χ4v) is 1.59. The van der Waals surface area contributed by atoms with E-state index in [1.54, 1.807) is 42.7 Å². The SMILES string of the molecule is Cc1cc(N)ccc1C(=O)c1cccnc1. The highest BCUT2D eigenvalue weighted by atomic mass is 16.1. The van der Waals surface area contributed by atoms with Gasteiger partial charge in [0.2, 0.25) is 0 Å². The number of carbonyl (C=O) groups is 1. The molecule has 1 aromatic carbocycles. The summed E-state index contributed by atoms with van der Waals surface area (Å²) in [4.78, 5) is 16.0.